The predicted octanol–water partition coefficient (Wildman–Crippen LogP) is 4.87. The molecule has 7 heteroatoms. The number of ether oxygens (including phenoxy) is 1. The molecule has 146 valence electrons. The molecule has 0 atom stereocenters. The first kappa shape index (κ1) is 18.7. The number of carbonyl (C=O) groups excluding carboxylic acids is 1. The topological polar surface area (TPSA) is 57.0 Å². The lowest BCUT2D eigenvalue weighted by Crippen LogP contribution is -2.08. The van der Waals surface area contributed by atoms with Crippen molar-refractivity contribution in [1.29, 1.82) is 0 Å². The van der Waals surface area contributed by atoms with Crippen molar-refractivity contribution >= 4 is 17.3 Å². The standard InChI is InChI=1S/C22H17F2N3O2/c1-14-26-19-9-7-15(16-6-8-18(13-28)25-11-16)10-20(19)27(14)12-17-4-2-3-5-21(17)29-22(23)24/h2-11,13,22H,12H2,1H3. The van der Waals surface area contributed by atoms with E-state index in [1.165, 1.54) is 6.07 Å². The number of nitrogens with zero attached hydrogens (tertiary/aromatic N) is 3. The summed E-state index contributed by atoms with van der Waals surface area (Å²) in [5.41, 5.74) is 4.45. The molecule has 29 heavy (non-hydrogen) atoms. The summed E-state index contributed by atoms with van der Waals surface area (Å²) < 4.78 is 32.1. The fraction of sp³-hybridized carbons (Fsp3) is 0.136. The molecule has 0 N–H and O–H groups in total. The van der Waals surface area contributed by atoms with Gasteiger partial charge in [0.2, 0.25) is 0 Å². The SMILES string of the molecule is Cc1nc2ccc(-c3ccc(C=O)nc3)cc2n1Cc1ccccc1OC(F)F. The molecule has 0 aliphatic carbocycles. The van der Waals surface area contributed by atoms with Gasteiger partial charge >= 0.3 is 6.61 Å². The number of para-hydroxylation sites is 1. The third kappa shape index (κ3) is 3.85. The highest BCUT2D eigenvalue weighted by atomic mass is 19.3. The van der Waals surface area contributed by atoms with Crippen LogP contribution in [0.2, 0.25) is 0 Å². The number of rotatable bonds is 6. The lowest BCUT2D eigenvalue weighted by Gasteiger charge is -2.13. The third-order valence-corrected chi connectivity index (χ3v) is 4.70. The van der Waals surface area contributed by atoms with Crippen molar-refractivity contribution < 1.29 is 18.3 Å². The van der Waals surface area contributed by atoms with Crippen molar-refractivity contribution in [3.63, 3.8) is 0 Å². The number of benzene rings is 2. The summed E-state index contributed by atoms with van der Waals surface area (Å²) in [5.74, 6) is 0.909. The first-order valence-electron chi connectivity index (χ1n) is 8.96. The Hall–Kier alpha value is -3.61. The quantitative estimate of drug-likeness (QED) is 0.439. The van der Waals surface area contributed by atoms with E-state index >= 15 is 0 Å². The van der Waals surface area contributed by atoms with E-state index in [1.54, 1.807) is 30.5 Å². The highest BCUT2D eigenvalue weighted by Gasteiger charge is 2.14. The molecule has 0 fully saturated rings. The number of imidazole rings is 1. The lowest BCUT2D eigenvalue weighted by atomic mass is 10.1. The Balaban J connectivity index is 1.75. The van der Waals surface area contributed by atoms with Crippen LogP contribution in [0.3, 0.4) is 0 Å². The lowest BCUT2D eigenvalue weighted by molar-refractivity contribution is -0.0504. The van der Waals surface area contributed by atoms with Gasteiger partial charge in [0.25, 0.3) is 0 Å². The summed E-state index contributed by atoms with van der Waals surface area (Å²) in [5, 5.41) is 0. The maximum Gasteiger partial charge on any atom is 0.387 e. The van der Waals surface area contributed by atoms with Crippen molar-refractivity contribution in [3.8, 4) is 16.9 Å². The minimum Gasteiger partial charge on any atom is -0.434 e. The molecule has 2 heterocycles. The largest absolute Gasteiger partial charge is 0.434 e. The fourth-order valence-corrected chi connectivity index (χ4v) is 3.28. The van der Waals surface area contributed by atoms with Gasteiger partial charge in [-0.05, 0) is 36.8 Å². The van der Waals surface area contributed by atoms with Gasteiger partial charge in [-0.15, -0.1) is 0 Å². The Morgan fingerprint density at radius 2 is 1.90 bits per heavy atom. The van der Waals surface area contributed by atoms with Crippen LogP contribution in [-0.4, -0.2) is 27.4 Å². The molecule has 4 aromatic rings. The van der Waals surface area contributed by atoms with Gasteiger partial charge in [0.1, 0.15) is 17.3 Å². The van der Waals surface area contributed by atoms with Crippen LogP contribution in [0, 0.1) is 6.92 Å². The van der Waals surface area contributed by atoms with Gasteiger partial charge in [-0.3, -0.25) is 9.78 Å². The zero-order chi connectivity index (χ0) is 20.4. The second-order valence-corrected chi connectivity index (χ2v) is 6.52. The minimum atomic E-state index is -2.88. The molecule has 0 unspecified atom stereocenters. The molecule has 0 saturated heterocycles. The van der Waals surface area contributed by atoms with Crippen LogP contribution >= 0.6 is 0 Å². The molecule has 0 saturated carbocycles. The number of aryl methyl sites for hydroxylation is 1. The van der Waals surface area contributed by atoms with E-state index in [0.29, 0.717) is 24.1 Å². The summed E-state index contributed by atoms with van der Waals surface area (Å²) in [6, 6.07) is 16.0. The van der Waals surface area contributed by atoms with Crippen molar-refractivity contribution in [1.82, 2.24) is 14.5 Å². The monoisotopic (exact) mass is 393 g/mol. The molecular formula is C22H17F2N3O2. The molecule has 2 aromatic heterocycles. The number of aldehydes is 1. The van der Waals surface area contributed by atoms with Gasteiger partial charge in [-0.25, -0.2) is 4.98 Å². The third-order valence-electron chi connectivity index (χ3n) is 4.70. The van der Waals surface area contributed by atoms with E-state index < -0.39 is 6.61 Å². The average Bonchev–Trinajstić information content (AvgIpc) is 3.03. The molecule has 2 aromatic carbocycles. The average molecular weight is 393 g/mol. The number of alkyl halides is 2. The number of fused-ring (bicyclic) bond motifs is 1. The van der Waals surface area contributed by atoms with Gasteiger partial charge in [-0.1, -0.05) is 30.3 Å². The van der Waals surface area contributed by atoms with Crippen LogP contribution in [-0.2, 0) is 6.54 Å². The van der Waals surface area contributed by atoms with Gasteiger partial charge in [0, 0.05) is 17.3 Å². The maximum atomic E-state index is 12.7. The van der Waals surface area contributed by atoms with Crippen LogP contribution in [0.5, 0.6) is 5.75 Å². The highest BCUT2D eigenvalue weighted by molar-refractivity contribution is 5.83. The highest BCUT2D eigenvalue weighted by Crippen LogP contribution is 2.27. The number of halogens is 2. The van der Waals surface area contributed by atoms with Gasteiger partial charge in [0.05, 0.1) is 17.6 Å². The molecule has 4 rings (SSSR count). The fourth-order valence-electron chi connectivity index (χ4n) is 3.28. The van der Waals surface area contributed by atoms with Crippen LogP contribution in [0.25, 0.3) is 22.2 Å². The van der Waals surface area contributed by atoms with Crippen LogP contribution in [0.1, 0.15) is 21.9 Å². The van der Waals surface area contributed by atoms with Gasteiger partial charge in [0.15, 0.2) is 6.29 Å². The van der Waals surface area contributed by atoms with Crippen molar-refractivity contribution in [2.45, 2.75) is 20.1 Å². The van der Waals surface area contributed by atoms with Crippen molar-refractivity contribution in [2.75, 3.05) is 0 Å². The zero-order valence-electron chi connectivity index (χ0n) is 15.5. The molecule has 0 radical (unpaired) electrons. The maximum absolute atomic E-state index is 12.7. The second kappa shape index (κ2) is 7.79. The first-order chi connectivity index (χ1) is 14.0. The number of pyridine rings is 1. The number of aromatic nitrogens is 3. The Morgan fingerprint density at radius 1 is 1.10 bits per heavy atom. The van der Waals surface area contributed by atoms with Crippen LogP contribution in [0.4, 0.5) is 8.78 Å². The number of carbonyl (C=O) groups is 1. The molecule has 0 aliphatic rings. The Labute approximate surface area is 165 Å². The molecule has 0 bridgehead atoms. The summed E-state index contributed by atoms with van der Waals surface area (Å²) >= 11 is 0. The van der Waals surface area contributed by atoms with Gasteiger partial charge < -0.3 is 9.30 Å². The first-order valence-corrected chi connectivity index (χ1v) is 8.96. The van der Waals surface area contributed by atoms with E-state index in [2.05, 4.69) is 14.7 Å². The van der Waals surface area contributed by atoms with E-state index in [-0.39, 0.29) is 5.75 Å². The molecule has 0 amide bonds. The van der Waals surface area contributed by atoms with E-state index in [4.69, 9.17) is 0 Å². The minimum absolute atomic E-state index is 0.147. The molecule has 5 nitrogen and oxygen atoms in total. The summed E-state index contributed by atoms with van der Waals surface area (Å²) in [4.78, 5) is 19.5. The second-order valence-electron chi connectivity index (χ2n) is 6.52. The number of hydrogen-bond donors (Lipinski definition) is 0. The smallest absolute Gasteiger partial charge is 0.387 e. The normalized spacial score (nSPS) is 11.2. The van der Waals surface area contributed by atoms with E-state index in [9.17, 15) is 13.6 Å². The summed E-state index contributed by atoms with van der Waals surface area (Å²) in [6.07, 6.45) is 2.34. The summed E-state index contributed by atoms with van der Waals surface area (Å²) in [7, 11) is 0. The Morgan fingerprint density at radius 3 is 2.62 bits per heavy atom. The van der Waals surface area contributed by atoms with Crippen molar-refractivity contribution in [2.24, 2.45) is 0 Å². The van der Waals surface area contributed by atoms with Crippen molar-refractivity contribution in [3.05, 3.63) is 77.9 Å². The van der Waals surface area contributed by atoms with E-state index in [1.807, 2.05) is 35.8 Å². The summed E-state index contributed by atoms with van der Waals surface area (Å²) in [6.45, 7) is -0.668. The number of hydrogen-bond acceptors (Lipinski definition) is 4. The van der Waals surface area contributed by atoms with Gasteiger partial charge in [-0.2, -0.15) is 8.78 Å². The Bertz CT molecular complexity index is 1170. The van der Waals surface area contributed by atoms with E-state index in [0.717, 1.165) is 28.0 Å². The molecule has 0 spiro atoms. The van der Waals surface area contributed by atoms with Crippen LogP contribution < -0.4 is 4.74 Å². The van der Waals surface area contributed by atoms with Crippen LogP contribution in [0.15, 0.2) is 60.8 Å². The predicted molar refractivity (Wildman–Crippen MR) is 105 cm³/mol. The molecular weight excluding hydrogens is 376 g/mol. The zero-order valence-corrected chi connectivity index (χ0v) is 15.5. The Kier molecular flexibility index (Phi) is 5.03. The molecule has 0 aliphatic heterocycles.